The zero-order valence-corrected chi connectivity index (χ0v) is 14.6. The van der Waals surface area contributed by atoms with Crippen LogP contribution in [0.4, 0.5) is 0 Å². The maximum Gasteiger partial charge on any atom is 0.236 e. The Morgan fingerprint density at radius 2 is 2.08 bits per heavy atom. The molecule has 1 amide bonds. The highest BCUT2D eigenvalue weighted by atomic mass is 16.3. The summed E-state index contributed by atoms with van der Waals surface area (Å²) < 4.78 is 0. The number of benzene rings is 1. The first-order chi connectivity index (χ1) is 11.5. The van der Waals surface area contributed by atoms with Crippen molar-refractivity contribution < 1.29 is 15.0 Å². The maximum atomic E-state index is 12.6. The van der Waals surface area contributed by atoms with Crippen LogP contribution in [0.25, 0.3) is 0 Å². The van der Waals surface area contributed by atoms with Gasteiger partial charge in [0.1, 0.15) is 5.75 Å². The van der Waals surface area contributed by atoms with Crippen LogP contribution in [0.1, 0.15) is 31.4 Å². The quantitative estimate of drug-likeness (QED) is 0.692. The molecule has 0 radical (unpaired) electrons. The Kier molecular flexibility index (Phi) is 7.02. The smallest absolute Gasteiger partial charge is 0.236 e. The number of carbonyl (C=O) groups is 1. The molecule has 1 aliphatic heterocycles. The van der Waals surface area contributed by atoms with Crippen molar-refractivity contribution in [2.75, 3.05) is 39.8 Å². The standard InChI is InChI=1S/C18H29N3O3/c1-3-21(12-17(23)14-5-4-6-16(22)11-14)18(24)13-20(2)15-7-9-19-10-8-15/h4-6,11,15,17,19,22-23H,3,7-10,12-13H2,1-2H3. The normalized spacial score (nSPS) is 17.0. The first kappa shape index (κ1) is 18.7. The number of aliphatic hydroxyl groups is 1. The highest BCUT2D eigenvalue weighted by molar-refractivity contribution is 5.78. The number of hydrogen-bond acceptors (Lipinski definition) is 5. The van der Waals surface area contributed by atoms with E-state index in [0.29, 0.717) is 24.7 Å². The third kappa shape index (κ3) is 5.19. The molecule has 1 unspecified atom stereocenters. The molecule has 1 aromatic carbocycles. The lowest BCUT2D eigenvalue weighted by atomic mass is 10.1. The molecular formula is C18H29N3O3. The minimum absolute atomic E-state index is 0.0257. The van der Waals surface area contributed by atoms with E-state index in [1.54, 1.807) is 23.1 Å². The molecule has 2 rings (SSSR count). The van der Waals surface area contributed by atoms with Gasteiger partial charge in [0.15, 0.2) is 0 Å². The van der Waals surface area contributed by atoms with Gasteiger partial charge in [-0.25, -0.2) is 0 Å². The van der Waals surface area contributed by atoms with Crippen molar-refractivity contribution in [2.45, 2.75) is 31.9 Å². The van der Waals surface area contributed by atoms with Crippen molar-refractivity contribution in [1.29, 1.82) is 0 Å². The molecule has 24 heavy (non-hydrogen) atoms. The summed E-state index contributed by atoms with van der Waals surface area (Å²) in [6, 6.07) is 6.97. The molecule has 0 aromatic heterocycles. The number of nitrogens with zero attached hydrogens (tertiary/aromatic N) is 2. The summed E-state index contributed by atoms with van der Waals surface area (Å²) in [6.45, 7) is 5.06. The van der Waals surface area contributed by atoms with Gasteiger partial charge < -0.3 is 20.4 Å². The summed E-state index contributed by atoms with van der Waals surface area (Å²) in [5.74, 6) is 0.143. The number of hydrogen-bond donors (Lipinski definition) is 3. The SMILES string of the molecule is CCN(CC(O)c1cccc(O)c1)C(=O)CN(C)C1CCNCC1. The molecule has 1 fully saturated rings. The lowest BCUT2D eigenvalue weighted by molar-refractivity contribution is -0.134. The number of carbonyl (C=O) groups excluding carboxylic acids is 1. The van der Waals surface area contributed by atoms with Gasteiger partial charge in [-0.3, -0.25) is 9.69 Å². The van der Waals surface area contributed by atoms with Gasteiger partial charge in [0, 0.05) is 12.6 Å². The van der Waals surface area contributed by atoms with Crippen LogP contribution < -0.4 is 5.32 Å². The first-order valence-electron chi connectivity index (χ1n) is 8.67. The Morgan fingerprint density at radius 3 is 2.71 bits per heavy atom. The molecule has 1 heterocycles. The van der Waals surface area contributed by atoms with Crippen LogP contribution >= 0.6 is 0 Å². The summed E-state index contributed by atoms with van der Waals surface area (Å²) >= 11 is 0. The van der Waals surface area contributed by atoms with Crippen LogP contribution in [-0.2, 0) is 4.79 Å². The van der Waals surface area contributed by atoms with E-state index in [9.17, 15) is 15.0 Å². The average Bonchev–Trinajstić information content (AvgIpc) is 2.60. The van der Waals surface area contributed by atoms with E-state index in [-0.39, 0.29) is 18.2 Å². The van der Waals surface area contributed by atoms with Gasteiger partial charge in [-0.1, -0.05) is 12.1 Å². The van der Waals surface area contributed by atoms with Crippen molar-refractivity contribution in [3.8, 4) is 5.75 Å². The van der Waals surface area contributed by atoms with E-state index in [0.717, 1.165) is 25.9 Å². The van der Waals surface area contributed by atoms with E-state index in [2.05, 4.69) is 10.2 Å². The Bertz CT molecular complexity index is 532. The molecular weight excluding hydrogens is 306 g/mol. The van der Waals surface area contributed by atoms with Crippen LogP contribution in [0, 0.1) is 0 Å². The minimum atomic E-state index is -0.801. The number of nitrogens with one attached hydrogen (secondary N) is 1. The molecule has 1 saturated heterocycles. The fraction of sp³-hybridized carbons (Fsp3) is 0.611. The van der Waals surface area contributed by atoms with Crippen molar-refractivity contribution >= 4 is 5.91 Å². The summed E-state index contributed by atoms with van der Waals surface area (Å²) in [6.07, 6.45) is 1.31. The Balaban J connectivity index is 1.90. The largest absolute Gasteiger partial charge is 0.508 e. The van der Waals surface area contributed by atoms with Gasteiger partial charge in [0.05, 0.1) is 19.2 Å². The second kappa shape index (κ2) is 9.01. The third-order valence-electron chi connectivity index (χ3n) is 4.70. The van der Waals surface area contributed by atoms with Gasteiger partial charge in [0.25, 0.3) is 0 Å². The van der Waals surface area contributed by atoms with Gasteiger partial charge in [-0.15, -0.1) is 0 Å². The Hall–Kier alpha value is -1.63. The van der Waals surface area contributed by atoms with Gasteiger partial charge in [-0.2, -0.15) is 0 Å². The fourth-order valence-corrected chi connectivity index (χ4v) is 3.14. The molecule has 0 bridgehead atoms. The number of piperidine rings is 1. The predicted octanol–water partition coefficient (Wildman–Crippen LogP) is 0.958. The highest BCUT2D eigenvalue weighted by Crippen LogP contribution is 2.19. The average molecular weight is 335 g/mol. The predicted molar refractivity (Wildman–Crippen MR) is 93.8 cm³/mol. The minimum Gasteiger partial charge on any atom is -0.508 e. The van der Waals surface area contributed by atoms with Crippen LogP contribution in [-0.4, -0.2) is 71.7 Å². The highest BCUT2D eigenvalue weighted by Gasteiger charge is 2.23. The molecule has 134 valence electrons. The van der Waals surface area contributed by atoms with E-state index >= 15 is 0 Å². The molecule has 1 aliphatic rings. The van der Waals surface area contributed by atoms with Crippen molar-refractivity contribution in [3.05, 3.63) is 29.8 Å². The number of aromatic hydroxyl groups is 1. The molecule has 1 atom stereocenters. The topological polar surface area (TPSA) is 76.0 Å². The molecule has 1 aromatic rings. The third-order valence-corrected chi connectivity index (χ3v) is 4.70. The van der Waals surface area contributed by atoms with Crippen molar-refractivity contribution in [2.24, 2.45) is 0 Å². The zero-order valence-electron chi connectivity index (χ0n) is 14.6. The van der Waals surface area contributed by atoms with E-state index < -0.39 is 6.10 Å². The number of aliphatic hydroxyl groups excluding tert-OH is 1. The molecule has 6 heteroatoms. The molecule has 6 nitrogen and oxygen atoms in total. The number of phenols is 1. The molecule has 0 aliphatic carbocycles. The van der Waals surface area contributed by atoms with Crippen LogP contribution in [0.3, 0.4) is 0 Å². The summed E-state index contributed by atoms with van der Waals surface area (Å²) in [7, 11) is 1.99. The number of likely N-dealkylation sites (N-methyl/N-ethyl adjacent to an activating group) is 2. The van der Waals surface area contributed by atoms with Crippen molar-refractivity contribution in [1.82, 2.24) is 15.1 Å². The summed E-state index contributed by atoms with van der Waals surface area (Å²) in [5.41, 5.74) is 0.618. The van der Waals surface area contributed by atoms with Crippen LogP contribution in [0.2, 0.25) is 0 Å². The lowest BCUT2D eigenvalue weighted by Crippen LogP contribution is -2.47. The summed E-state index contributed by atoms with van der Waals surface area (Å²) in [4.78, 5) is 16.4. The Morgan fingerprint density at radius 1 is 1.38 bits per heavy atom. The lowest BCUT2D eigenvalue weighted by Gasteiger charge is -2.33. The van der Waals surface area contributed by atoms with E-state index in [1.165, 1.54) is 6.07 Å². The second-order valence-corrected chi connectivity index (χ2v) is 6.44. The molecule has 0 spiro atoms. The summed E-state index contributed by atoms with van der Waals surface area (Å²) in [5, 5.41) is 23.2. The zero-order chi connectivity index (χ0) is 17.5. The first-order valence-corrected chi connectivity index (χ1v) is 8.67. The monoisotopic (exact) mass is 335 g/mol. The van der Waals surface area contributed by atoms with Gasteiger partial charge in [-0.05, 0) is 57.6 Å². The van der Waals surface area contributed by atoms with Crippen molar-refractivity contribution in [3.63, 3.8) is 0 Å². The Labute approximate surface area is 144 Å². The molecule has 0 saturated carbocycles. The maximum absolute atomic E-state index is 12.6. The molecule has 3 N–H and O–H groups in total. The second-order valence-electron chi connectivity index (χ2n) is 6.44. The van der Waals surface area contributed by atoms with Gasteiger partial charge >= 0.3 is 0 Å². The fourth-order valence-electron chi connectivity index (χ4n) is 3.14. The number of phenolic OH excluding ortho intramolecular Hbond substituents is 1. The van der Waals surface area contributed by atoms with E-state index in [4.69, 9.17) is 0 Å². The van der Waals surface area contributed by atoms with Crippen LogP contribution in [0.5, 0.6) is 5.75 Å². The number of rotatable bonds is 7. The van der Waals surface area contributed by atoms with Crippen LogP contribution in [0.15, 0.2) is 24.3 Å². The van der Waals surface area contributed by atoms with E-state index in [1.807, 2.05) is 14.0 Å². The number of amides is 1. The van der Waals surface area contributed by atoms with Gasteiger partial charge in [0.2, 0.25) is 5.91 Å².